The number of aromatic nitrogens is 2. The van der Waals surface area contributed by atoms with Crippen LogP contribution in [-0.2, 0) is 21.4 Å². The van der Waals surface area contributed by atoms with Crippen LogP contribution in [0, 0.1) is 0 Å². The summed E-state index contributed by atoms with van der Waals surface area (Å²) in [5.74, 6) is -0.603. The van der Waals surface area contributed by atoms with Gasteiger partial charge in [0.05, 0.1) is 36.5 Å². The number of nitrogens with one attached hydrogen (secondary N) is 2. The number of ether oxygens (including phenoxy) is 1. The summed E-state index contributed by atoms with van der Waals surface area (Å²) < 4.78 is 7.71. The molecule has 3 aliphatic rings. The van der Waals surface area contributed by atoms with E-state index in [4.69, 9.17) is 9.84 Å². The van der Waals surface area contributed by atoms with Crippen molar-refractivity contribution in [2.45, 2.75) is 49.7 Å². The summed E-state index contributed by atoms with van der Waals surface area (Å²) in [7, 11) is 3.97. The van der Waals surface area contributed by atoms with E-state index in [1.807, 2.05) is 18.8 Å². The monoisotopic (exact) mass is 397 g/mol. The highest BCUT2D eigenvalue weighted by Crippen LogP contribution is 2.37. The second-order valence-corrected chi connectivity index (χ2v) is 8.50. The minimum atomic E-state index is -0.220. The number of fused-ring (bicyclic) bond motifs is 3. The third-order valence-electron chi connectivity index (χ3n) is 6.62. The summed E-state index contributed by atoms with van der Waals surface area (Å²) in [6, 6.07) is 7.72. The normalized spacial score (nSPS) is 28.1. The van der Waals surface area contributed by atoms with Crippen LogP contribution in [0.25, 0.3) is 10.9 Å². The number of benzene rings is 1. The first kappa shape index (κ1) is 18.6. The molecule has 8 heteroatoms. The van der Waals surface area contributed by atoms with E-state index in [0.717, 1.165) is 42.7 Å². The number of anilines is 1. The van der Waals surface area contributed by atoms with Gasteiger partial charge in [0.15, 0.2) is 0 Å². The van der Waals surface area contributed by atoms with Gasteiger partial charge in [-0.05, 0) is 38.1 Å². The maximum absolute atomic E-state index is 11.8. The number of rotatable bonds is 3. The quantitative estimate of drug-likeness (QED) is 0.753. The molecule has 1 aromatic carbocycles. The number of morpholine rings is 1. The molecule has 2 bridgehead atoms. The average Bonchev–Trinajstić information content (AvgIpc) is 3.02. The van der Waals surface area contributed by atoms with Gasteiger partial charge < -0.3 is 15.0 Å². The van der Waals surface area contributed by atoms with Crippen molar-refractivity contribution in [3.8, 4) is 0 Å². The number of imide groups is 1. The molecule has 0 saturated carbocycles. The Bertz CT molecular complexity index is 941. The van der Waals surface area contributed by atoms with Gasteiger partial charge in [-0.25, -0.2) is 0 Å². The molecule has 0 spiro atoms. The van der Waals surface area contributed by atoms with Crippen LogP contribution in [0.5, 0.6) is 0 Å². The SMILES string of the molecule is CNC1CC2COCC(C1)N2c1ccc2c(C3CC(=O)NC(=O)C3)nn(C)c2c1. The van der Waals surface area contributed by atoms with E-state index < -0.39 is 0 Å². The lowest BCUT2D eigenvalue weighted by Crippen LogP contribution is -2.60. The van der Waals surface area contributed by atoms with Crippen LogP contribution in [0.4, 0.5) is 5.69 Å². The minimum absolute atomic E-state index is 0.162. The van der Waals surface area contributed by atoms with Gasteiger partial charge >= 0.3 is 0 Å². The largest absolute Gasteiger partial charge is 0.377 e. The highest BCUT2D eigenvalue weighted by Gasteiger charge is 2.39. The average molecular weight is 397 g/mol. The molecule has 2 N–H and O–H groups in total. The molecular formula is C21H27N5O3. The number of nitrogens with zero attached hydrogens (tertiary/aromatic N) is 3. The van der Waals surface area contributed by atoms with E-state index in [2.05, 4.69) is 33.7 Å². The lowest BCUT2D eigenvalue weighted by Gasteiger charge is -2.49. The van der Waals surface area contributed by atoms with Gasteiger partial charge in [-0.2, -0.15) is 5.10 Å². The van der Waals surface area contributed by atoms with Crippen molar-refractivity contribution in [3.05, 3.63) is 23.9 Å². The molecule has 0 aliphatic carbocycles. The first-order chi connectivity index (χ1) is 14.0. The van der Waals surface area contributed by atoms with Crippen molar-refractivity contribution in [3.63, 3.8) is 0 Å². The maximum Gasteiger partial charge on any atom is 0.227 e. The van der Waals surface area contributed by atoms with Crippen molar-refractivity contribution in [1.29, 1.82) is 0 Å². The summed E-state index contributed by atoms with van der Waals surface area (Å²) in [4.78, 5) is 26.2. The van der Waals surface area contributed by atoms with E-state index >= 15 is 0 Å². The molecule has 154 valence electrons. The van der Waals surface area contributed by atoms with Gasteiger partial charge in [-0.1, -0.05) is 0 Å². The van der Waals surface area contributed by atoms with Gasteiger partial charge in [-0.3, -0.25) is 19.6 Å². The molecule has 4 heterocycles. The molecule has 2 unspecified atom stereocenters. The summed E-state index contributed by atoms with van der Waals surface area (Å²) in [5, 5.41) is 11.5. The summed E-state index contributed by atoms with van der Waals surface area (Å²) >= 11 is 0. The van der Waals surface area contributed by atoms with E-state index in [1.165, 1.54) is 5.69 Å². The Balaban J connectivity index is 1.49. The van der Waals surface area contributed by atoms with Crippen LogP contribution in [0.15, 0.2) is 18.2 Å². The van der Waals surface area contributed by atoms with E-state index in [9.17, 15) is 9.59 Å². The third-order valence-corrected chi connectivity index (χ3v) is 6.62. The number of piperidine rings is 2. The Labute approximate surface area is 169 Å². The van der Waals surface area contributed by atoms with Crippen molar-refractivity contribution < 1.29 is 14.3 Å². The molecule has 3 saturated heterocycles. The minimum Gasteiger partial charge on any atom is -0.377 e. The lowest BCUT2D eigenvalue weighted by atomic mass is 9.89. The van der Waals surface area contributed by atoms with E-state index in [1.54, 1.807) is 0 Å². The smallest absolute Gasteiger partial charge is 0.227 e. The van der Waals surface area contributed by atoms with Crippen LogP contribution in [0.2, 0.25) is 0 Å². The van der Waals surface area contributed by atoms with Crippen molar-refractivity contribution in [1.82, 2.24) is 20.4 Å². The first-order valence-corrected chi connectivity index (χ1v) is 10.4. The number of amides is 2. The Morgan fingerprint density at radius 1 is 1.14 bits per heavy atom. The zero-order chi connectivity index (χ0) is 20.1. The van der Waals surface area contributed by atoms with Gasteiger partial charge in [-0.15, -0.1) is 0 Å². The summed E-state index contributed by atoms with van der Waals surface area (Å²) in [6.07, 6.45) is 2.75. The highest BCUT2D eigenvalue weighted by molar-refractivity contribution is 5.99. The van der Waals surface area contributed by atoms with E-state index in [-0.39, 0.29) is 17.7 Å². The predicted octanol–water partition coefficient (Wildman–Crippen LogP) is 1.05. The maximum atomic E-state index is 11.8. The van der Waals surface area contributed by atoms with Crippen LogP contribution < -0.4 is 15.5 Å². The molecule has 3 aliphatic heterocycles. The Kier molecular flexibility index (Phi) is 4.55. The fourth-order valence-electron chi connectivity index (χ4n) is 5.28. The zero-order valence-electron chi connectivity index (χ0n) is 16.9. The molecule has 1 aromatic heterocycles. The Morgan fingerprint density at radius 3 is 2.48 bits per heavy atom. The van der Waals surface area contributed by atoms with Crippen LogP contribution in [0.1, 0.15) is 37.3 Å². The molecule has 5 rings (SSSR count). The van der Waals surface area contributed by atoms with Gasteiger partial charge in [0, 0.05) is 42.9 Å². The standard InChI is InChI=1S/C21H27N5O3/c1-22-13-7-15-10-29-11-16(8-13)26(15)14-3-4-17-18(9-14)25(2)24-21(17)12-5-19(27)23-20(28)6-12/h3-4,9,12-13,15-16,22H,5-8,10-11H2,1-2H3,(H,23,27,28). The van der Waals surface area contributed by atoms with Gasteiger partial charge in [0.2, 0.25) is 11.8 Å². The molecule has 2 amide bonds. The molecule has 2 aromatic rings. The Morgan fingerprint density at radius 2 is 1.83 bits per heavy atom. The van der Waals surface area contributed by atoms with Gasteiger partial charge in [0.1, 0.15) is 0 Å². The van der Waals surface area contributed by atoms with Crippen molar-refractivity contribution in [2.24, 2.45) is 7.05 Å². The molecular weight excluding hydrogens is 370 g/mol. The van der Waals surface area contributed by atoms with Crippen LogP contribution in [-0.4, -0.2) is 60.0 Å². The van der Waals surface area contributed by atoms with Crippen LogP contribution >= 0.6 is 0 Å². The molecule has 0 radical (unpaired) electrons. The number of carbonyl (C=O) groups excluding carboxylic acids is 2. The number of hydrogen-bond acceptors (Lipinski definition) is 6. The molecule has 29 heavy (non-hydrogen) atoms. The van der Waals surface area contributed by atoms with Crippen LogP contribution in [0.3, 0.4) is 0 Å². The zero-order valence-corrected chi connectivity index (χ0v) is 16.9. The summed E-state index contributed by atoms with van der Waals surface area (Å²) in [6.45, 7) is 1.51. The second-order valence-electron chi connectivity index (χ2n) is 8.50. The lowest BCUT2D eigenvalue weighted by molar-refractivity contribution is -0.133. The van der Waals surface area contributed by atoms with E-state index in [0.29, 0.717) is 31.0 Å². The fourth-order valence-corrected chi connectivity index (χ4v) is 5.28. The Hall–Kier alpha value is -2.45. The topological polar surface area (TPSA) is 88.5 Å². The second kappa shape index (κ2) is 7.11. The van der Waals surface area contributed by atoms with Crippen molar-refractivity contribution >= 4 is 28.4 Å². The molecule has 8 nitrogen and oxygen atoms in total. The third kappa shape index (κ3) is 3.20. The number of carbonyl (C=O) groups is 2. The molecule has 2 atom stereocenters. The highest BCUT2D eigenvalue weighted by atomic mass is 16.5. The first-order valence-electron chi connectivity index (χ1n) is 10.4. The predicted molar refractivity (Wildman–Crippen MR) is 109 cm³/mol. The fraction of sp³-hybridized carbons (Fsp3) is 0.571. The number of aryl methyl sites for hydroxylation is 1. The summed E-state index contributed by atoms with van der Waals surface area (Å²) in [5.41, 5.74) is 3.07. The number of hydrogen-bond donors (Lipinski definition) is 2. The molecule has 3 fully saturated rings. The van der Waals surface area contributed by atoms with Gasteiger partial charge in [0.25, 0.3) is 0 Å². The van der Waals surface area contributed by atoms with Crippen molar-refractivity contribution in [2.75, 3.05) is 25.2 Å².